The molecule has 0 fully saturated rings. The van der Waals surface area contributed by atoms with Crippen LogP contribution in [-0.2, 0) is 13.5 Å². The van der Waals surface area contributed by atoms with Gasteiger partial charge in [-0.05, 0) is 6.42 Å². The predicted octanol–water partition coefficient (Wildman–Crippen LogP) is 2.15. The van der Waals surface area contributed by atoms with E-state index in [0.717, 1.165) is 12.1 Å². The zero-order valence-electron chi connectivity index (χ0n) is 7.56. The van der Waals surface area contributed by atoms with E-state index in [2.05, 4.69) is 5.10 Å². The van der Waals surface area contributed by atoms with Crippen molar-refractivity contribution in [2.45, 2.75) is 27.2 Å². The second-order valence-electron chi connectivity index (χ2n) is 1.94. The minimum atomic E-state index is -0.394. The fraction of sp³-hybridized carbons (Fsp3) is 0.625. The molecule has 1 aromatic rings. The smallest absolute Gasteiger partial charge is 0.232 e. The van der Waals surface area contributed by atoms with Crippen LogP contribution in [0.25, 0.3) is 0 Å². The molecule has 11 heavy (non-hydrogen) atoms. The minimum absolute atomic E-state index is 0.394. The zero-order chi connectivity index (χ0) is 8.85. The average Bonchev–Trinajstić information content (AvgIpc) is 2.33. The van der Waals surface area contributed by atoms with E-state index < -0.39 is 5.95 Å². The van der Waals surface area contributed by atoms with Crippen molar-refractivity contribution in [3.05, 3.63) is 17.7 Å². The van der Waals surface area contributed by atoms with Gasteiger partial charge < -0.3 is 0 Å². The highest BCUT2D eigenvalue weighted by atomic mass is 19.1. The zero-order valence-corrected chi connectivity index (χ0v) is 7.56. The normalized spacial score (nSPS) is 8.82. The Morgan fingerprint density at radius 2 is 2.09 bits per heavy atom. The second-order valence-corrected chi connectivity index (χ2v) is 1.94. The van der Waals surface area contributed by atoms with E-state index >= 15 is 0 Å². The van der Waals surface area contributed by atoms with Crippen LogP contribution in [0.3, 0.4) is 0 Å². The molecule has 0 aromatic carbocycles. The number of hydrogen-bond donors (Lipinski definition) is 0. The van der Waals surface area contributed by atoms with Crippen molar-refractivity contribution in [1.29, 1.82) is 0 Å². The highest BCUT2D eigenvalue weighted by Gasteiger charge is 1.99. The molecule has 2 nitrogen and oxygen atoms in total. The lowest BCUT2D eigenvalue weighted by Crippen LogP contribution is -1.95. The molecule has 0 radical (unpaired) electrons. The number of nitrogens with zero attached hydrogens (tertiary/aromatic N) is 2. The first-order valence-corrected chi connectivity index (χ1v) is 3.92. The summed E-state index contributed by atoms with van der Waals surface area (Å²) in [5, 5.41) is 3.53. The van der Waals surface area contributed by atoms with Gasteiger partial charge >= 0.3 is 0 Å². The molecule has 0 spiro atoms. The van der Waals surface area contributed by atoms with Crippen molar-refractivity contribution in [2.75, 3.05) is 0 Å². The molecule has 1 aromatic heterocycles. The number of rotatable bonds is 1. The summed E-state index contributed by atoms with van der Waals surface area (Å²) in [5.41, 5.74) is 0.924. The van der Waals surface area contributed by atoms with Crippen molar-refractivity contribution >= 4 is 0 Å². The first-order valence-electron chi connectivity index (χ1n) is 3.92. The molecule has 0 atom stereocenters. The van der Waals surface area contributed by atoms with Gasteiger partial charge in [0.15, 0.2) is 0 Å². The number of halogens is 1. The number of hydrogen-bond acceptors (Lipinski definition) is 1. The van der Waals surface area contributed by atoms with E-state index in [1.54, 1.807) is 11.7 Å². The Labute approximate surface area is 67.0 Å². The molecule has 0 aliphatic rings. The molecular weight excluding hydrogens is 143 g/mol. The summed E-state index contributed by atoms with van der Waals surface area (Å²) < 4.78 is 13.8. The molecular formula is C8H15FN2. The third kappa shape index (κ3) is 2.70. The van der Waals surface area contributed by atoms with Gasteiger partial charge in [0.05, 0.1) is 0 Å². The molecule has 0 saturated carbocycles. The maximum atomic E-state index is 12.2. The van der Waals surface area contributed by atoms with E-state index in [-0.39, 0.29) is 0 Å². The molecule has 1 rings (SSSR count). The lowest BCUT2D eigenvalue weighted by Gasteiger charge is -1.92. The molecule has 0 aliphatic carbocycles. The summed E-state index contributed by atoms with van der Waals surface area (Å²) in [6, 6.07) is 1.44. The monoisotopic (exact) mass is 158 g/mol. The molecule has 0 N–H and O–H groups in total. The van der Waals surface area contributed by atoms with Crippen LogP contribution in [0.4, 0.5) is 4.39 Å². The summed E-state index contributed by atoms with van der Waals surface area (Å²) in [5.74, 6) is -0.394. The summed E-state index contributed by atoms with van der Waals surface area (Å²) in [7, 11) is 1.74. The molecule has 0 unspecified atom stereocenters. The summed E-state index contributed by atoms with van der Waals surface area (Å²) in [4.78, 5) is 0. The van der Waals surface area contributed by atoms with Crippen LogP contribution in [0.2, 0.25) is 0 Å². The molecule has 0 aliphatic heterocycles. The maximum Gasteiger partial charge on any atom is 0.232 e. The molecule has 0 bridgehead atoms. The summed E-state index contributed by atoms with van der Waals surface area (Å²) in [6.45, 7) is 5.97. The average molecular weight is 158 g/mol. The van der Waals surface area contributed by atoms with E-state index in [9.17, 15) is 4.39 Å². The molecule has 1 heterocycles. The maximum absolute atomic E-state index is 12.2. The minimum Gasteiger partial charge on any atom is -0.270 e. The van der Waals surface area contributed by atoms with E-state index in [0.29, 0.717) is 0 Å². The van der Waals surface area contributed by atoms with Crippen LogP contribution in [-0.4, -0.2) is 9.78 Å². The first kappa shape index (κ1) is 10.1. The van der Waals surface area contributed by atoms with Gasteiger partial charge in [-0.25, -0.2) is 0 Å². The third-order valence-electron chi connectivity index (χ3n) is 1.31. The van der Waals surface area contributed by atoms with Crippen molar-refractivity contribution in [3.8, 4) is 0 Å². The first-order chi connectivity index (χ1) is 5.24. The fourth-order valence-corrected chi connectivity index (χ4v) is 0.798. The molecule has 0 amide bonds. The van der Waals surface area contributed by atoms with Crippen LogP contribution in [0.1, 0.15) is 26.5 Å². The standard InChI is InChI=1S/C6H9FN2.C2H6/c1-3-5-4-6(7)8-9(5)2;1-2/h4H,3H2,1-2H3;1-2H3. The Morgan fingerprint density at radius 3 is 2.27 bits per heavy atom. The van der Waals surface area contributed by atoms with Gasteiger partial charge in [0.25, 0.3) is 0 Å². The quantitative estimate of drug-likeness (QED) is 0.612. The van der Waals surface area contributed by atoms with Gasteiger partial charge in [0, 0.05) is 18.8 Å². The van der Waals surface area contributed by atoms with Crippen LogP contribution in [0.5, 0.6) is 0 Å². The van der Waals surface area contributed by atoms with Gasteiger partial charge in [0.1, 0.15) is 0 Å². The van der Waals surface area contributed by atoms with Crippen LogP contribution >= 0.6 is 0 Å². The Balaban J connectivity index is 0.000000461. The molecule has 64 valence electrons. The van der Waals surface area contributed by atoms with Crippen LogP contribution in [0, 0.1) is 5.95 Å². The lowest BCUT2D eigenvalue weighted by molar-refractivity contribution is 0.550. The summed E-state index contributed by atoms with van der Waals surface area (Å²) in [6.07, 6.45) is 0.827. The van der Waals surface area contributed by atoms with Gasteiger partial charge in [-0.1, -0.05) is 20.8 Å². The largest absolute Gasteiger partial charge is 0.270 e. The Kier molecular flexibility index (Phi) is 4.50. The SMILES string of the molecule is CC.CCc1cc(F)nn1C. The van der Waals surface area contributed by atoms with Gasteiger partial charge in [-0.2, -0.15) is 4.39 Å². The van der Waals surface area contributed by atoms with Gasteiger partial charge in [0.2, 0.25) is 5.95 Å². The highest BCUT2D eigenvalue weighted by molar-refractivity contribution is 5.00. The molecule has 0 saturated heterocycles. The Bertz CT molecular complexity index is 206. The van der Waals surface area contributed by atoms with Crippen molar-refractivity contribution in [2.24, 2.45) is 7.05 Å². The lowest BCUT2D eigenvalue weighted by atomic mass is 10.3. The Morgan fingerprint density at radius 1 is 1.55 bits per heavy atom. The van der Waals surface area contributed by atoms with Gasteiger partial charge in [-0.3, -0.25) is 4.68 Å². The third-order valence-corrected chi connectivity index (χ3v) is 1.31. The topological polar surface area (TPSA) is 17.8 Å². The number of aromatic nitrogens is 2. The predicted molar refractivity (Wildman–Crippen MR) is 43.9 cm³/mol. The van der Waals surface area contributed by atoms with E-state index in [4.69, 9.17) is 0 Å². The van der Waals surface area contributed by atoms with Crippen molar-refractivity contribution in [1.82, 2.24) is 9.78 Å². The molecule has 3 heteroatoms. The van der Waals surface area contributed by atoms with Crippen molar-refractivity contribution in [3.63, 3.8) is 0 Å². The highest BCUT2D eigenvalue weighted by Crippen LogP contribution is 2.00. The van der Waals surface area contributed by atoms with Crippen molar-refractivity contribution < 1.29 is 4.39 Å². The van der Waals surface area contributed by atoms with E-state index in [1.165, 1.54) is 6.07 Å². The van der Waals surface area contributed by atoms with Gasteiger partial charge in [-0.15, -0.1) is 5.10 Å². The summed E-state index contributed by atoms with van der Waals surface area (Å²) >= 11 is 0. The Hall–Kier alpha value is -0.860. The second kappa shape index (κ2) is 4.88. The van der Waals surface area contributed by atoms with Crippen LogP contribution in [0.15, 0.2) is 6.07 Å². The van der Waals surface area contributed by atoms with E-state index in [1.807, 2.05) is 20.8 Å². The number of aryl methyl sites for hydroxylation is 2. The van der Waals surface area contributed by atoms with Crippen LogP contribution < -0.4 is 0 Å². The fourth-order valence-electron chi connectivity index (χ4n) is 0.798.